The van der Waals surface area contributed by atoms with Crippen LogP contribution < -0.4 is 0 Å². The number of hydrogen-bond donors (Lipinski definition) is 2. The maximum Gasteiger partial charge on any atom is 0.306 e. The molecule has 1 aromatic rings. The summed E-state index contributed by atoms with van der Waals surface area (Å²) in [6, 6.07) is 9.30. The number of rotatable bonds is 5. The number of carbonyl (C=O) groups is 1. The molecule has 0 radical (unpaired) electrons. The minimum Gasteiger partial charge on any atom is -0.481 e. The minimum atomic E-state index is -1.24. The summed E-state index contributed by atoms with van der Waals surface area (Å²) in [5.41, 5.74) is 0.910. The maximum absolute atomic E-state index is 10.3. The van der Waals surface area contributed by atoms with E-state index in [2.05, 4.69) is 0 Å². The van der Waals surface area contributed by atoms with Crippen molar-refractivity contribution >= 4 is 23.2 Å². The first kappa shape index (κ1) is 12.6. The van der Waals surface area contributed by atoms with Gasteiger partial charge in [-0.25, -0.2) is 0 Å². The summed E-state index contributed by atoms with van der Waals surface area (Å²) in [5, 5.41) is 17.7. The summed E-state index contributed by atoms with van der Waals surface area (Å²) in [5.74, 6) is -1.11. The van der Waals surface area contributed by atoms with Crippen molar-refractivity contribution in [3.8, 4) is 0 Å². The highest BCUT2D eigenvalue weighted by Crippen LogP contribution is 2.04. The molecule has 0 saturated carbocycles. The lowest BCUT2D eigenvalue weighted by Crippen LogP contribution is -2.24. The molecule has 2 N–H and O–H groups in total. The van der Waals surface area contributed by atoms with Crippen LogP contribution >= 0.6 is 12.2 Å². The van der Waals surface area contributed by atoms with Crippen LogP contribution in [-0.4, -0.2) is 27.3 Å². The first-order valence-electron chi connectivity index (χ1n) is 4.70. The molecule has 0 bridgehead atoms. The zero-order valence-corrected chi connectivity index (χ0v) is 9.31. The Morgan fingerprint density at radius 1 is 1.38 bits per heavy atom. The molecule has 0 spiro atoms. The molecule has 0 amide bonds. The van der Waals surface area contributed by atoms with Gasteiger partial charge in [0.05, 0.1) is 6.42 Å². The van der Waals surface area contributed by atoms with Crippen LogP contribution in [0.5, 0.6) is 0 Å². The Balaban J connectivity index is 2.38. The van der Waals surface area contributed by atoms with Gasteiger partial charge in [-0.2, -0.15) is 0 Å². The number of carboxylic acids is 1. The number of benzene rings is 1. The number of aliphatic hydroxyl groups excluding tert-OH is 1. The third-order valence-corrected chi connectivity index (χ3v) is 2.25. The van der Waals surface area contributed by atoms with Gasteiger partial charge in [-0.05, 0) is 17.8 Å². The number of hydrogen-bond acceptors (Lipinski definition) is 4. The van der Waals surface area contributed by atoms with Gasteiger partial charge < -0.3 is 14.9 Å². The van der Waals surface area contributed by atoms with E-state index in [9.17, 15) is 9.90 Å². The maximum atomic E-state index is 10.3. The summed E-state index contributed by atoms with van der Waals surface area (Å²) >= 11 is 4.76. The lowest BCUT2D eigenvalue weighted by molar-refractivity contribution is -0.138. The third kappa shape index (κ3) is 4.37. The molecular formula is C11H12O4S. The van der Waals surface area contributed by atoms with Crippen molar-refractivity contribution in [1.29, 1.82) is 0 Å². The van der Waals surface area contributed by atoms with Crippen LogP contribution in [-0.2, 0) is 16.1 Å². The predicted molar refractivity (Wildman–Crippen MR) is 62.1 cm³/mol. The van der Waals surface area contributed by atoms with Crippen molar-refractivity contribution in [2.75, 3.05) is 0 Å². The fourth-order valence-electron chi connectivity index (χ4n) is 1.07. The van der Waals surface area contributed by atoms with Crippen molar-refractivity contribution in [1.82, 2.24) is 0 Å². The SMILES string of the molecule is O=C(O)CC(O)C(=S)OCc1ccccc1. The van der Waals surface area contributed by atoms with Crippen LogP contribution in [0, 0.1) is 0 Å². The molecule has 1 atom stereocenters. The second-order valence-electron chi connectivity index (χ2n) is 3.21. The third-order valence-electron chi connectivity index (χ3n) is 1.86. The van der Waals surface area contributed by atoms with Crippen molar-refractivity contribution in [3.63, 3.8) is 0 Å². The highest BCUT2D eigenvalue weighted by Gasteiger charge is 2.16. The van der Waals surface area contributed by atoms with Gasteiger partial charge in [-0.1, -0.05) is 30.3 Å². The number of thiocarbonyl (C=S) groups is 1. The predicted octanol–water partition coefficient (Wildman–Crippen LogP) is 1.37. The van der Waals surface area contributed by atoms with Crippen molar-refractivity contribution < 1.29 is 19.7 Å². The number of aliphatic hydroxyl groups is 1. The Labute approximate surface area is 98.5 Å². The molecule has 0 aliphatic rings. The molecule has 5 heteroatoms. The van der Waals surface area contributed by atoms with Crippen molar-refractivity contribution in [2.45, 2.75) is 19.1 Å². The molecular weight excluding hydrogens is 228 g/mol. The van der Waals surface area contributed by atoms with Gasteiger partial charge in [-0.15, -0.1) is 0 Å². The minimum absolute atomic E-state index is 0.0914. The normalized spacial score (nSPS) is 11.8. The van der Waals surface area contributed by atoms with E-state index < -0.39 is 18.5 Å². The number of aliphatic carboxylic acids is 1. The van der Waals surface area contributed by atoms with Crippen LogP contribution in [0.15, 0.2) is 30.3 Å². The molecule has 0 aliphatic carbocycles. The molecule has 0 saturated heterocycles. The zero-order valence-electron chi connectivity index (χ0n) is 8.50. The fourth-order valence-corrected chi connectivity index (χ4v) is 1.22. The second-order valence-corrected chi connectivity index (χ2v) is 3.61. The molecule has 0 aromatic heterocycles. The standard InChI is InChI=1S/C11H12O4S/c12-9(6-10(13)14)11(16)15-7-8-4-2-1-3-5-8/h1-5,9,12H,6-7H2,(H,13,14). The first-order chi connectivity index (χ1) is 7.59. The van der Waals surface area contributed by atoms with Crippen molar-refractivity contribution in [3.05, 3.63) is 35.9 Å². The lowest BCUT2D eigenvalue weighted by Gasteiger charge is -2.11. The average molecular weight is 240 g/mol. The smallest absolute Gasteiger partial charge is 0.306 e. The van der Waals surface area contributed by atoms with E-state index in [4.69, 9.17) is 22.1 Å². The highest BCUT2D eigenvalue weighted by atomic mass is 32.1. The largest absolute Gasteiger partial charge is 0.481 e. The molecule has 1 unspecified atom stereocenters. The van der Waals surface area contributed by atoms with Gasteiger partial charge in [0.1, 0.15) is 12.7 Å². The Morgan fingerprint density at radius 3 is 2.56 bits per heavy atom. The first-order valence-corrected chi connectivity index (χ1v) is 5.11. The Kier molecular flexibility index (Phi) is 4.88. The molecule has 0 aliphatic heterocycles. The van der Waals surface area contributed by atoms with E-state index in [1.165, 1.54) is 0 Å². The van der Waals surface area contributed by atoms with Gasteiger partial charge in [0.2, 0.25) is 0 Å². The van der Waals surface area contributed by atoms with E-state index in [-0.39, 0.29) is 11.7 Å². The summed E-state index contributed by atoms with van der Waals surface area (Å²) < 4.78 is 5.11. The average Bonchev–Trinajstić information content (AvgIpc) is 2.26. The monoisotopic (exact) mass is 240 g/mol. The Hall–Kier alpha value is -1.46. The summed E-state index contributed by atoms with van der Waals surface area (Å²) in [6.07, 6.45) is -1.68. The summed E-state index contributed by atoms with van der Waals surface area (Å²) in [6.45, 7) is 0.232. The van der Waals surface area contributed by atoms with Crippen LogP contribution in [0.1, 0.15) is 12.0 Å². The van der Waals surface area contributed by atoms with Gasteiger partial charge in [0.25, 0.3) is 0 Å². The van der Waals surface area contributed by atoms with E-state index >= 15 is 0 Å². The molecule has 4 nitrogen and oxygen atoms in total. The number of ether oxygens (including phenoxy) is 1. The van der Waals surface area contributed by atoms with Crippen LogP contribution in [0.25, 0.3) is 0 Å². The molecule has 16 heavy (non-hydrogen) atoms. The van der Waals surface area contributed by atoms with Gasteiger partial charge in [0, 0.05) is 0 Å². The summed E-state index contributed by atoms with van der Waals surface area (Å²) in [4.78, 5) is 10.3. The molecule has 0 heterocycles. The topological polar surface area (TPSA) is 66.8 Å². The van der Waals surface area contributed by atoms with Crippen LogP contribution in [0.3, 0.4) is 0 Å². The van der Waals surface area contributed by atoms with E-state index in [0.717, 1.165) is 5.56 Å². The highest BCUT2D eigenvalue weighted by molar-refractivity contribution is 7.80. The fraction of sp³-hybridized carbons (Fsp3) is 0.273. The van der Waals surface area contributed by atoms with Gasteiger partial charge in [0.15, 0.2) is 5.05 Å². The lowest BCUT2D eigenvalue weighted by atomic mass is 10.2. The summed E-state index contributed by atoms with van der Waals surface area (Å²) in [7, 11) is 0. The molecule has 1 rings (SSSR count). The van der Waals surface area contributed by atoms with Gasteiger partial charge in [-0.3, -0.25) is 4.79 Å². The Bertz CT molecular complexity index is 364. The Morgan fingerprint density at radius 2 is 2.00 bits per heavy atom. The quantitative estimate of drug-likeness (QED) is 0.761. The molecule has 0 fully saturated rings. The zero-order chi connectivity index (χ0) is 12.0. The van der Waals surface area contributed by atoms with Crippen LogP contribution in [0.2, 0.25) is 0 Å². The molecule has 1 aromatic carbocycles. The van der Waals surface area contributed by atoms with E-state index in [0.29, 0.717) is 0 Å². The molecule has 86 valence electrons. The van der Waals surface area contributed by atoms with Crippen LogP contribution in [0.4, 0.5) is 0 Å². The second kappa shape index (κ2) is 6.19. The van der Waals surface area contributed by atoms with E-state index in [1.807, 2.05) is 30.3 Å². The van der Waals surface area contributed by atoms with Crippen molar-refractivity contribution in [2.24, 2.45) is 0 Å². The number of carboxylic acid groups (broad SMARTS) is 1. The van der Waals surface area contributed by atoms with Gasteiger partial charge >= 0.3 is 5.97 Å². The van der Waals surface area contributed by atoms with E-state index in [1.54, 1.807) is 0 Å².